The van der Waals surface area contributed by atoms with Crippen molar-refractivity contribution in [3.63, 3.8) is 0 Å². The van der Waals surface area contributed by atoms with Gasteiger partial charge < -0.3 is 14.8 Å². The van der Waals surface area contributed by atoms with Crippen LogP contribution in [0.4, 0.5) is 0 Å². The van der Waals surface area contributed by atoms with Crippen molar-refractivity contribution in [2.24, 2.45) is 0 Å². The van der Waals surface area contributed by atoms with Crippen LogP contribution >= 0.6 is 11.6 Å². The van der Waals surface area contributed by atoms with E-state index in [2.05, 4.69) is 23.5 Å². The molecule has 0 radical (unpaired) electrons. The van der Waals surface area contributed by atoms with Crippen molar-refractivity contribution in [1.82, 2.24) is 5.32 Å². The summed E-state index contributed by atoms with van der Waals surface area (Å²) in [5.74, 6) is 0.697. The second-order valence-corrected chi connectivity index (χ2v) is 6.57. The van der Waals surface area contributed by atoms with Crippen LogP contribution < -0.4 is 14.8 Å². The van der Waals surface area contributed by atoms with E-state index < -0.39 is 0 Å². The number of carbonyl (C=O) groups excluding carboxylic acids is 1. The normalized spacial score (nSPS) is 10.6. The number of methoxy groups -OCH3 is 1. The molecule has 0 aliphatic rings. The number of nitrogens with one attached hydrogen (secondary N) is 1. The third-order valence-corrected chi connectivity index (χ3v) is 4.54. The number of rotatable bonds is 7. The minimum absolute atomic E-state index is 0.217. The summed E-state index contributed by atoms with van der Waals surface area (Å²) in [6.07, 6.45) is 0.854. The first-order valence-corrected chi connectivity index (χ1v) is 9.27. The second kappa shape index (κ2) is 8.78. The monoisotopic (exact) mass is 383 g/mol. The summed E-state index contributed by atoms with van der Waals surface area (Å²) in [5.41, 5.74) is 1.49. The number of halogens is 1. The van der Waals surface area contributed by atoms with Crippen LogP contribution in [0.1, 0.15) is 29.3 Å². The minimum Gasteiger partial charge on any atom is -0.493 e. The Hall–Kier alpha value is -2.72. The molecule has 3 rings (SSSR count). The molecule has 0 aromatic heterocycles. The fraction of sp³-hybridized carbons (Fsp3) is 0.227. The van der Waals surface area contributed by atoms with Gasteiger partial charge in [0.1, 0.15) is 0 Å². The molecule has 5 heteroatoms. The number of amides is 1. The number of hydrogen-bond acceptors (Lipinski definition) is 3. The molecule has 3 aromatic rings. The lowest BCUT2D eigenvalue weighted by atomic mass is 10.0. The van der Waals surface area contributed by atoms with Crippen molar-refractivity contribution < 1.29 is 14.3 Å². The molecule has 27 heavy (non-hydrogen) atoms. The summed E-state index contributed by atoms with van der Waals surface area (Å²) >= 11 is 6.30. The molecule has 0 fully saturated rings. The molecule has 0 unspecified atom stereocenters. The number of fused-ring (bicyclic) bond motifs is 1. The van der Waals surface area contributed by atoms with Crippen LogP contribution in [0.3, 0.4) is 0 Å². The topological polar surface area (TPSA) is 47.6 Å². The maximum Gasteiger partial charge on any atom is 0.251 e. The fourth-order valence-electron chi connectivity index (χ4n) is 2.92. The van der Waals surface area contributed by atoms with Gasteiger partial charge in [-0.1, -0.05) is 61.0 Å². The Kier molecular flexibility index (Phi) is 6.20. The van der Waals surface area contributed by atoms with E-state index >= 15 is 0 Å². The maximum atomic E-state index is 12.6. The summed E-state index contributed by atoms with van der Waals surface area (Å²) in [6.45, 7) is 2.96. The smallest absolute Gasteiger partial charge is 0.251 e. The Morgan fingerprint density at radius 2 is 1.89 bits per heavy atom. The average Bonchev–Trinajstić information content (AvgIpc) is 2.70. The van der Waals surface area contributed by atoms with Crippen molar-refractivity contribution >= 4 is 28.3 Å². The van der Waals surface area contributed by atoms with Crippen LogP contribution in [0.15, 0.2) is 54.6 Å². The van der Waals surface area contributed by atoms with Crippen LogP contribution in [0.25, 0.3) is 10.8 Å². The van der Waals surface area contributed by atoms with Gasteiger partial charge in [-0.15, -0.1) is 0 Å². The highest BCUT2D eigenvalue weighted by Crippen LogP contribution is 2.36. The van der Waals surface area contributed by atoms with Gasteiger partial charge in [0.05, 0.1) is 18.7 Å². The van der Waals surface area contributed by atoms with Gasteiger partial charge >= 0.3 is 0 Å². The molecular weight excluding hydrogens is 362 g/mol. The third-order valence-electron chi connectivity index (χ3n) is 4.26. The van der Waals surface area contributed by atoms with Crippen LogP contribution in [-0.2, 0) is 6.54 Å². The molecular formula is C22H22ClNO3. The summed E-state index contributed by atoms with van der Waals surface area (Å²) in [5, 5.41) is 5.58. The number of ether oxygens (including phenoxy) is 2. The fourth-order valence-corrected chi connectivity index (χ4v) is 3.18. The molecule has 0 saturated carbocycles. The van der Waals surface area contributed by atoms with Gasteiger partial charge in [-0.05, 0) is 34.9 Å². The number of hydrogen-bond donors (Lipinski definition) is 1. The predicted octanol–water partition coefficient (Wildman–Crippen LogP) is 5.22. The average molecular weight is 384 g/mol. The van der Waals surface area contributed by atoms with Gasteiger partial charge in [0.15, 0.2) is 11.5 Å². The van der Waals surface area contributed by atoms with Crippen molar-refractivity contribution in [3.05, 3.63) is 70.7 Å². The number of carbonyl (C=O) groups is 1. The molecule has 0 atom stereocenters. The molecule has 4 nitrogen and oxygen atoms in total. The number of benzene rings is 3. The molecule has 0 aliphatic heterocycles. The molecule has 1 N–H and O–H groups in total. The Bertz CT molecular complexity index is 950. The molecule has 1 amide bonds. The van der Waals surface area contributed by atoms with Crippen LogP contribution in [0.2, 0.25) is 5.02 Å². The van der Waals surface area contributed by atoms with Gasteiger partial charge in [-0.2, -0.15) is 0 Å². The molecule has 0 heterocycles. The van der Waals surface area contributed by atoms with Crippen LogP contribution in [0, 0.1) is 0 Å². The Morgan fingerprint density at radius 3 is 2.67 bits per heavy atom. The van der Waals surface area contributed by atoms with Gasteiger partial charge in [0, 0.05) is 12.1 Å². The van der Waals surface area contributed by atoms with Gasteiger partial charge in [0.2, 0.25) is 0 Å². The van der Waals surface area contributed by atoms with Gasteiger partial charge in [-0.3, -0.25) is 4.79 Å². The van der Waals surface area contributed by atoms with Crippen molar-refractivity contribution in [2.45, 2.75) is 19.9 Å². The summed E-state index contributed by atoms with van der Waals surface area (Å²) in [4.78, 5) is 12.6. The van der Waals surface area contributed by atoms with E-state index in [9.17, 15) is 4.79 Å². The first-order valence-electron chi connectivity index (χ1n) is 8.89. The van der Waals surface area contributed by atoms with Crippen molar-refractivity contribution in [3.8, 4) is 11.5 Å². The van der Waals surface area contributed by atoms with E-state index in [1.54, 1.807) is 12.1 Å². The first-order chi connectivity index (χ1) is 13.1. The quantitative estimate of drug-likeness (QED) is 0.608. The zero-order chi connectivity index (χ0) is 19.2. The highest BCUT2D eigenvalue weighted by Gasteiger charge is 2.16. The van der Waals surface area contributed by atoms with Crippen molar-refractivity contribution in [2.75, 3.05) is 13.7 Å². The highest BCUT2D eigenvalue weighted by molar-refractivity contribution is 6.32. The molecule has 0 bridgehead atoms. The van der Waals surface area contributed by atoms with E-state index in [1.165, 1.54) is 7.11 Å². The lowest BCUT2D eigenvalue weighted by Gasteiger charge is -2.14. The van der Waals surface area contributed by atoms with Gasteiger partial charge in [0.25, 0.3) is 5.91 Å². The lowest BCUT2D eigenvalue weighted by Crippen LogP contribution is -2.23. The van der Waals surface area contributed by atoms with E-state index in [4.69, 9.17) is 21.1 Å². The van der Waals surface area contributed by atoms with Gasteiger partial charge in [-0.25, -0.2) is 0 Å². The second-order valence-electron chi connectivity index (χ2n) is 6.16. The van der Waals surface area contributed by atoms with Crippen LogP contribution in [0.5, 0.6) is 11.5 Å². The van der Waals surface area contributed by atoms with E-state index in [0.717, 1.165) is 22.8 Å². The molecule has 140 valence electrons. The van der Waals surface area contributed by atoms with Crippen molar-refractivity contribution in [1.29, 1.82) is 0 Å². The molecule has 0 aliphatic carbocycles. The summed E-state index contributed by atoms with van der Waals surface area (Å²) in [6, 6.07) is 17.4. The third kappa shape index (κ3) is 4.34. The highest BCUT2D eigenvalue weighted by atomic mass is 35.5. The SMILES string of the molecule is CCCOc1c(Cl)cc(C(=O)NCc2cccc3ccccc23)cc1OC. The van der Waals surface area contributed by atoms with Crippen LogP contribution in [-0.4, -0.2) is 19.6 Å². The summed E-state index contributed by atoms with van der Waals surface area (Å²) < 4.78 is 11.0. The minimum atomic E-state index is -0.217. The molecule has 0 spiro atoms. The lowest BCUT2D eigenvalue weighted by molar-refractivity contribution is 0.0950. The molecule has 0 saturated heterocycles. The van der Waals surface area contributed by atoms with E-state index in [1.807, 2.05) is 31.2 Å². The largest absolute Gasteiger partial charge is 0.493 e. The zero-order valence-corrected chi connectivity index (χ0v) is 16.2. The maximum absolute atomic E-state index is 12.6. The van der Waals surface area contributed by atoms with E-state index in [-0.39, 0.29) is 5.91 Å². The molecule has 3 aromatic carbocycles. The Labute approximate surface area is 164 Å². The Balaban J connectivity index is 1.78. The zero-order valence-electron chi connectivity index (χ0n) is 15.4. The Morgan fingerprint density at radius 1 is 1.11 bits per heavy atom. The first kappa shape index (κ1) is 19.1. The summed E-state index contributed by atoms with van der Waals surface area (Å²) in [7, 11) is 1.53. The standard InChI is InChI=1S/C22H22ClNO3/c1-3-11-27-21-19(23)12-17(13-20(21)26-2)22(25)24-14-16-9-6-8-15-7-4-5-10-18(15)16/h4-10,12-13H,3,11,14H2,1-2H3,(H,24,25). The predicted molar refractivity (Wildman–Crippen MR) is 109 cm³/mol. The van der Waals surface area contributed by atoms with E-state index in [0.29, 0.717) is 35.2 Å².